The van der Waals surface area contributed by atoms with Gasteiger partial charge in [0.05, 0.1) is 5.69 Å². The van der Waals surface area contributed by atoms with Crippen molar-refractivity contribution in [3.63, 3.8) is 0 Å². The van der Waals surface area contributed by atoms with Gasteiger partial charge in [0.25, 0.3) is 0 Å². The second kappa shape index (κ2) is 2.39. The molecule has 0 saturated heterocycles. The first kappa shape index (κ1) is 8.38. The Labute approximate surface area is 77.4 Å². The lowest BCUT2D eigenvalue weighted by Gasteiger charge is -2.13. The molecule has 3 heteroatoms. The maximum atomic E-state index is 9.69. The largest absolute Gasteiger partial charge is 0.505 e. The number of nitrogens with two attached hydrogens (primary N) is 2. The molecule has 0 heterocycles. The van der Waals surface area contributed by atoms with Crippen molar-refractivity contribution >= 4 is 5.69 Å². The van der Waals surface area contributed by atoms with Crippen LogP contribution in [-0.2, 0) is 5.54 Å². The fraction of sp³-hybridized carbons (Fsp3) is 0.400. The third-order valence-electron chi connectivity index (χ3n) is 2.61. The van der Waals surface area contributed by atoms with Gasteiger partial charge in [0.2, 0.25) is 0 Å². The van der Waals surface area contributed by atoms with Crippen LogP contribution in [0.25, 0.3) is 0 Å². The van der Waals surface area contributed by atoms with E-state index < -0.39 is 0 Å². The fourth-order valence-electron chi connectivity index (χ4n) is 1.59. The molecular weight excluding hydrogens is 164 g/mol. The van der Waals surface area contributed by atoms with E-state index in [2.05, 4.69) is 0 Å². The van der Waals surface area contributed by atoms with Crippen molar-refractivity contribution in [3.8, 4) is 5.75 Å². The topological polar surface area (TPSA) is 72.3 Å². The molecule has 0 radical (unpaired) electrons. The number of anilines is 1. The smallest absolute Gasteiger partial charge is 0.143 e. The molecule has 2 rings (SSSR count). The van der Waals surface area contributed by atoms with Crippen LogP contribution in [0.5, 0.6) is 5.75 Å². The Kier molecular flexibility index (Phi) is 1.54. The second-order valence-corrected chi connectivity index (χ2v) is 3.91. The second-order valence-electron chi connectivity index (χ2n) is 3.91. The molecule has 1 fully saturated rings. The Morgan fingerprint density at radius 2 is 2.00 bits per heavy atom. The number of phenols is 1. The van der Waals surface area contributed by atoms with Crippen molar-refractivity contribution in [1.82, 2.24) is 0 Å². The van der Waals surface area contributed by atoms with Crippen LogP contribution >= 0.6 is 0 Å². The van der Waals surface area contributed by atoms with Crippen LogP contribution in [0.15, 0.2) is 12.1 Å². The van der Waals surface area contributed by atoms with Crippen LogP contribution < -0.4 is 11.5 Å². The van der Waals surface area contributed by atoms with Crippen LogP contribution in [0.1, 0.15) is 24.0 Å². The summed E-state index contributed by atoms with van der Waals surface area (Å²) in [6.45, 7) is 1.95. The zero-order valence-electron chi connectivity index (χ0n) is 7.67. The predicted molar refractivity (Wildman–Crippen MR) is 52.4 cm³/mol. The highest BCUT2D eigenvalue weighted by Gasteiger charge is 2.42. The molecule has 5 N–H and O–H groups in total. The molecule has 1 aliphatic carbocycles. The SMILES string of the molecule is Cc1cc(N)c(O)c(C2(N)CC2)c1. The van der Waals surface area contributed by atoms with Gasteiger partial charge in [-0.2, -0.15) is 0 Å². The van der Waals surface area contributed by atoms with Gasteiger partial charge in [-0.1, -0.05) is 6.07 Å². The van der Waals surface area contributed by atoms with E-state index in [4.69, 9.17) is 11.5 Å². The molecule has 0 aliphatic heterocycles. The minimum absolute atomic E-state index is 0.158. The van der Waals surface area contributed by atoms with E-state index in [0.29, 0.717) is 5.69 Å². The van der Waals surface area contributed by atoms with E-state index in [1.807, 2.05) is 13.0 Å². The van der Waals surface area contributed by atoms with Crippen LogP contribution in [0.2, 0.25) is 0 Å². The predicted octanol–water partition coefficient (Wildman–Crippen LogP) is 1.23. The van der Waals surface area contributed by atoms with Crippen LogP contribution in [0.4, 0.5) is 5.69 Å². The third kappa shape index (κ3) is 1.25. The first-order chi connectivity index (χ1) is 6.03. The molecule has 0 bridgehead atoms. The summed E-state index contributed by atoms with van der Waals surface area (Å²) in [5.41, 5.74) is 13.6. The van der Waals surface area contributed by atoms with Crippen molar-refractivity contribution in [2.45, 2.75) is 25.3 Å². The maximum Gasteiger partial charge on any atom is 0.143 e. The third-order valence-corrected chi connectivity index (χ3v) is 2.61. The van der Waals surface area contributed by atoms with Gasteiger partial charge >= 0.3 is 0 Å². The van der Waals surface area contributed by atoms with Crippen LogP contribution in [0.3, 0.4) is 0 Å². The number of benzene rings is 1. The van der Waals surface area contributed by atoms with Gasteiger partial charge in [0, 0.05) is 11.1 Å². The number of hydrogen-bond acceptors (Lipinski definition) is 3. The van der Waals surface area contributed by atoms with Gasteiger partial charge in [0.1, 0.15) is 5.75 Å². The fourth-order valence-corrected chi connectivity index (χ4v) is 1.59. The zero-order chi connectivity index (χ0) is 9.64. The van der Waals surface area contributed by atoms with Gasteiger partial charge in [-0.25, -0.2) is 0 Å². The summed E-state index contributed by atoms with van der Waals surface area (Å²) in [7, 11) is 0. The molecule has 1 aromatic carbocycles. The van der Waals surface area contributed by atoms with Gasteiger partial charge in [-0.3, -0.25) is 0 Å². The van der Waals surface area contributed by atoms with Crippen molar-refractivity contribution in [1.29, 1.82) is 0 Å². The molecule has 0 amide bonds. The summed E-state index contributed by atoms with van der Waals surface area (Å²) in [5.74, 6) is 0.158. The molecule has 1 aromatic rings. The quantitative estimate of drug-likeness (QED) is 0.447. The first-order valence-electron chi connectivity index (χ1n) is 4.41. The van der Waals surface area contributed by atoms with Gasteiger partial charge in [-0.05, 0) is 31.4 Å². The van der Waals surface area contributed by atoms with E-state index in [1.54, 1.807) is 6.07 Å². The highest BCUT2D eigenvalue weighted by molar-refractivity contribution is 5.60. The summed E-state index contributed by atoms with van der Waals surface area (Å²) in [5, 5.41) is 9.69. The molecule has 0 aromatic heterocycles. The van der Waals surface area contributed by atoms with Gasteiger partial charge in [-0.15, -0.1) is 0 Å². The van der Waals surface area contributed by atoms with E-state index in [9.17, 15) is 5.11 Å². The lowest BCUT2D eigenvalue weighted by molar-refractivity contribution is 0.462. The Balaban J connectivity index is 2.56. The lowest BCUT2D eigenvalue weighted by atomic mass is 10.0. The number of nitrogen functional groups attached to an aromatic ring is 1. The number of aromatic hydroxyl groups is 1. The van der Waals surface area contributed by atoms with Crippen molar-refractivity contribution in [3.05, 3.63) is 23.3 Å². The van der Waals surface area contributed by atoms with E-state index in [0.717, 1.165) is 24.0 Å². The molecule has 13 heavy (non-hydrogen) atoms. The molecule has 1 saturated carbocycles. The highest BCUT2D eigenvalue weighted by atomic mass is 16.3. The van der Waals surface area contributed by atoms with Gasteiger partial charge < -0.3 is 16.6 Å². The Morgan fingerprint density at radius 3 is 2.54 bits per heavy atom. The number of phenolic OH excluding ortho intramolecular Hbond substituents is 1. The normalized spacial score (nSPS) is 18.6. The molecule has 0 unspecified atom stereocenters. The summed E-state index contributed by atoms with van der Waals surface area (Å²) in [6, 6.07) is 3.67. The maximum absolute atomic E-state index is 9.69. The number of rotatable bonds is 1. The Bertz CT molecular complexity index is 356. The Hall–Kier alpha value is -1.22. The minimum Gasteiger partial charge on any atom is -0.505 e. The molecule has 70 valence electrons. The van der Waals surface area contributed by atoms with Crippen LogP contribution in [-0.4, -0.2) is 5.11 Å². The zero-order valence-corrected chi connectivity index (χ0v) is 7.67. The summed E-state index contributed by atoms with van der Waals surface area (Å²) >= 11 is 0. The highest BCUT2D eigenvalue weighted by Crippen LogP contribution is 2.47. The van der Waals surface area contributed by atoms with Crippen molar-refractivity contribution in [2.75, 3.05) is 5.73 Å². The molecule has 0 spiro atoms. The first-order valence-corrected chi connectivity index (χ1v) is 4.41. The average Bonchev–Trinajstić information content (AvgIpc) is 2.77. The van der Waals surface area contributed by atoms with E-state index in [1.165, 1.54) is 0 Å². The lowest BCUT2D eigenvalue weighted by Crippen LogP contribution is -2.19. The van der Waals surface area contributed by atoms with E-state index >= 15 is 0 Å². The monoisotopic (exact) mass is 178 g/mol. The average molecular weight is 178 g/mol. The number of aryl methyl sites for hydroxylation is 1. The van der Waals surface area contributed by atoms with E-state index in [-0.39, 0.29) is 11.3 Å². The Morgan fingerprint density at radius 1 is 1.38 bits per heavy atom. The summed E-state index contributed by atoms with van der Waals surface area (Å²) in [6.07, 6.45) is 1.87. The molecule has 3 nitrogen and oxygen atoms in total. The van der Waals surface area contributed by atoms with Gasteiger partial charge in [0.15, 0.2) is 0 Å². The molecule has 0 atom stereocenters. The standard InChI is InChI=1S/C10H14N2O/c1-6-4-7(10(12)2-3-10)9(13)8(11)5-6/h4-5,13H,2-3,11-12H2,1H3. The summed E-state index contributed by atoms with van der Waals surface area (Å²) in [4.78, 5) is 0. The van der Waals surface area contributed by atoms with Crippen molar-refractivity contribution < 1.29 is 5.11 Å². The molecule has 1 aliphatic rings. The minimum atomic E-state index is -0.315. The summed E-state index contributed by atoms with van der Waals surface area (Å²) < 4.78 is 0. The molecular formula is C10H14N2O. The number of hydrogen-bond donors (Lipinski definition) is 3. The van der Waals surface area contributed by atoms with Crippen LogP contribution in [0, 0.1) is 6.92 Å². The van der Waals surface area contributed by atoms with Crippen molar-refractivity contribution in [2.24, 2.45) is 5.73 Å².